The van der Waals surface area contributed by atoms with Gasteiger partial charge in [0.1, 0.15) is 4.34 Å². The zero-order valence-electron chi connectivity index (χ0n) is 4.91. The van der Waals surface area contributed by atoms with Crippen LogP contribution in [0.2, 0.25) is 4.34 Å². The Morgan fingerprint density at radius 2 is 2.40 bits per heavy atom. The number of aromatic nitrogens is 2. The molecule has 0 unspecified atom stereocenters. The van der Waals surface area contributed by atoms with Crippen LogP contribution >= 0.6 is 23.1 Å². The lowest BCUT2D eigenvalue weighted by Crippen LogP contribution is -1.70. The van der Waals surface area contributed by atoms with Gasteiger partial charge in [-0.3, -0.25) is 0 Å². The lowest BCUT2D eigenvalue weighted by atomic mass is 10.4. The van der Waals surface area contributed by atoms with Gasteiger partial charge in [0, 0.05) is 6.20 Å². The van der Waals surface area contributed by atoms with Crippen LogP contribution in [0.4, 0.5) is 0 Å². The minimum absolute atomic E-state index is 0.711. The first-order chi connectivity index (χ1) is 4.88. The van der Waals surface area contributed by atoms with Crippen molar-refractivity contribution in [1.82, 2.24) is 9.36 Å². The molecule has 10 heavy (non-hydrogen) atoms. The van der Waals surface area contributed by atoms with Crippen molar-refractivity contribution >= 4 is 34.2 Å². The molecule has 0 saturated heterocycles. The van der Waals surface area contributed by atoms with E-state index in [4.69, 9.17) is 11.6 Å². The first kappa shape index (κ1) is 6.07. The van der Waals surface area contributed by atoms with Crippen molar-refractivity contribution in [3.05, 3.63) is 22.7 Å². The van der Waals surface area contributed by atoms with Gasteiger partial charge in [0.05, 0.1) is 5.39 Å². The maximum absolute atomic E-state index is 5.79. The topological polar surface area (TPSA) is 25.8 Å². The predicted octanol–water partition coefficient (Wildman–Crippen LogP) is 2.34. The summed E-state index contributed by atoms with van der Waals surface area (Å²) in [5.41, 5.74) is 0.734. The van der Waals surface area contributed by atoms with Crippen molar-refractivity contribution in [2.24, 2.45) is 0 Å². The quantitative estimate of drug-likeness (QED) is 0.607. The minimum atomic E-state index is 0.711. The van der Waals surface area contributed by atoms with Gasteiger partial charge < -0.3 is 0 Å². The van der Waals surface area contributed by atoms with Gasteiger partial charge in [-0.05, 0) is 23.7 Å². The largest absolute Gasteiger partial charge is 0.236 e. The maximum atomic E-state index is 5.79. The highest BCUT2D eigenvalue weighted by Crippen LogP contribution is 2.24. The molecule has 0 aliphatic heterocycles. The third-order valence-electron chi connectivity index (χ3n) is 1.21. The summed E-state index contributed by atoms with van der Waals surface area (Å²) in [5.74, 6) is 0. The van der Waals surface area contributed by atoms with Gasteiger partial charge in [0.2, 0.25) is 0 Å². The first-order valence-electron chi connectivity index (χ1n) is 2.74. The first-order valence-corrected chi connectivity index (χ1v) is 3.89. The highest BCUT2D eigenvalue weighted by molar-refractivity contribution is 7.12. The third kappa shape index (κ3) is 0.786. The van der Waals surface area contributed by atoms with E-state index in [9.17, 15) is 0 Å². The summed E-state index contributed by atoms with van der Waals surface area (Å²) in [5, 5.41) is 0.939. The van der Waals surface area contributed by atoms with Crippen molar-refractivity contribution in [3.8, 4) is 0 Å². The number of pyridine rings is 1. The molecular formula is C6H3ClN2S. The molecule has 0 saturated carbocycles. The molecule has 0 spiro atoms. The van der Waals surface area contributed by atoms with E-state index in [1.807, 2.05) is 12.1 Å². The third-order valence-corrected chi connectivity index (χ3v) is 2.27. The molecule has 0 atom stereocenters. The Hall–Kier alpha value is -0.670. The average molecular weight is 171 g/mol. The van der Waals surface area contributed by atoms with Crippen LogP contribution in [0.5, 0.6) is 0 Å². The van der Waals surface area contributed by atoms with E-state index in [-0.39, 0.29) is 0 Å². The second-order valence-electron chi connectivity index (χ2n) is 1.83. The fourth-order valence-electron chi connectivity index (χ4n) is 0.756. The van der Waals surface area contributed by atoms with E-state index in [0.717, 1.165) is 11.0 Å². The molecular weight excluding hydrogens is 168 g/mol. The van der Waals surface area contributed by atoms with Crippen LogP contribution in [0.1, 0.15) is 0 Å². The van der Waals surface area contributed by atoms with Gasteiger partial charge in [0.15, 0.2) is 5.65 Å². The Balaban J connectivity index is 2.93. The van der Waals surface area contributed by atoms with Gasteiger partial charge in [-0.2, -0.15) is 4.37 Å². The minimum Gasteiger partial charge on any atom is -0.236 e. The molecule has 0 radical (unpaired) electrons. The van der Waals surface area contributed by atoms with Crippen LogP contribution in [0, 0.1) is 0 Å². The number of hydrogen-bond acceptors (Lipinski definition) is 3. The zero-order valence-corrected chi connectivity index (χ0v) is 6.49. The second kappa shape index (κ2) is 2.18. The summed E-state index contributed by atoms with van der Waals surface area (Å²) in [6.45, 7) is 0. The molecule has 2 aromatic rings. The molecule has 0 bridgehead atoms. The van der Waals surface area contributed by atoms with Crippen molar-refractivity contribution in [3.63, 3.8) is 0 Å². The molecule has 0 aliphatic rings. The molecule has 0 aromatic carbocycles. The van der Waals surface area contributed by atoms with E-state index in [1.54, 1.807) is 6.20 Å². The highest BCUT2D eigenvalue weighted by Gasteiger charge is 2.00. The fourth-order valence-corrected chi connectivity index (χ4v) is 1.58. The monoisotopic (exact) mass is 170 g/mol. The molecule has 50 valence electrons. The zero-order chi connectivity index (χ0) is 6.97. The highest BCUT2D eigenvalue weighted by atomic mass is 35.5. The van der Waals surface area contributed by atoms with E-state index < -0.39 is 0 Å². The van der Waals surface area contributed by atoms with Crippen LogP contribution in [0.3, 0.4) is 0 Å². The van der Waals surface area contributed by atoms with Crippen molar-refractivity contribution in [2.75, 3.05) is 0 Å². The molecule has 2 aromatic heterocycles. The number of halogens is 1. The Labute approximate surface area is 66.6 Å². The Morgan fingerprint density at radius 1 is 1.50 bits per heavy atom. The summed E-state index contributed by atoms with van der Waals surface area (Å²) in [6, 6.07) is 3.76. The Morgan fingerprint density at radius 3 is 3.20 bits per heavy atom. The number of hydrogen-bond donors (Lipinski definition) is 0. The van der Waals surface area contributed by atoms with Gasteiger partial charge in [-0.25, -0.2) is 4.98 Å². The van der Waals surface area contributed by atoms with Crippen LogP contribution in [0.25, 0.3) is 11.0 Å². The summed E-state index contributed by atoms with van der Waals surface area (Å²) in [4.78, 5) is 4.02. The summed E-state index contributed by atoms with van der Waals surface area (Å²) in [6.07, 6.45) is 1.71. The predicted molar refractivity (Wildman–Crippen MR) is 42.4 cm³/mol. The lowest BCUT2D eigenvalue weighted by Gasteiger charge is -1.82. The summed E-state index contributed by atoms with van der Waals surface area (Å²) >= 11 is 7.06. The van der Waals surface area contributed by atoms with E-state index in [0.29, 0.717) is 4.34 Å². The van der Waals surface area contributed by atoms with Gasteiger partial charge in [-0.15, -0.1) is 0 Å². The maximum Gasteiger partial charge on any atom is 0.174 e. The van der Waals surface area contributed by atoms with Gasteiger partial charge >= 0.3 is 0 Å². The number of rotatable bonds is 0. The molecule has 0 N–H and O–H groups in total. The van der Waals surface area contributed by atoms with Crippen molar-refractivity contribution in [2.45, 2.75) is 0 Å². The lowest BCUT2D eigenvalue weighted by molar-refractivity contribution is 1.37. The van der Waals surface area contributed by atoms with Gasteiger partial charge in [0.25, 0.3) is 0 Å². The fraction of sp³-hybridized carbons (Fsp3) is 0. The molecule has 0 fully saturated rings. The Kier molecular flexibility index (Phi) is 1.32. The summed E-state index contributed by atoms with van der Waals surface area (Å²) < 4.78 is 4.73. The van der Waals surface area contributed by atoms with Crippen molar-refractivity contribution < 1.29 is 0 Å². The van der Waals surface area contributed by atoms with Crippen molar-refractivity contribution in [1.29, 1.82) is 0 Å². The van der Waals surface area contributed by atoms with Crippen LogP contribution in [-0.4, -0.2) is 9.36 Å². The molecule has 0 aliphatic carbocycles. The summed E-state index contributed by atoms with van der Waals surface area (Å²) in [7, 11) is 0. The van der Waals surface area contributed by atoms with E-state index in [1.165, 1.54) is 11.5 Å². The number of nitrogens with zero attached hydrogens (tertiary/aromatic N) is 2. The number of fused-ring (bicyclic) bond motifs is 1. The molecule has 2 nitrogen and oxygen atoms in total. The normalized spacial score (nSPS) is 10.5. The smallest absolute Gasteiger partial charge is 0.174 e. The van der Waals surface area contributed by atoms with Crippen LogP contribution in [0.15, 0.2) is 18.3 Å². The van der Waals surface area contributed by atoms with Crippen LogP contribution < -0.4 is 0 Å². The SMILES string of the molecule is Clc1snc2ncccc12. The standard InChI is InChI=1S/C6H3ClN2S/c7-5-4-2-1-3-8-6(4)9-10-5/h1-3H. The van der Waals surface area contributed by atoms with E-state index >= 15 is 0 Å². The van der Waals surface area contributed by atoms with Gasteiger partial charge in [-0.1, -0.05) is 11.6 Å². The average Bonchev–Trinajstić information content (AvgIpc) is 2.34. The Bertz CT molecular complexity index is 357. The molecule has 0 amide bonds. The molecule has 2 heterocycles. The van der Waals surface area contributed by atoms with Crippen LogP contribution in [-0.2, 0) is 0 Å². The van der Waals surface area contributed by atoms with E-state index in [2.05, 4.69) is 9.36 Å². The second-order valence-corrected chi connectivity index (χ2v) is 3.21. The molecule has 2 rings (SSSR count). The molecule has 4 heteroatoms.